The molecular weight excluding hydrogens is 490 g/mol. The molecule has 216 valence electrons. The zero-order chi connectivity index (χ0) is 29.3. The Kier molecular flexibility index (Phi) is 17.5. The number of hydroxylamine groups is 2. The fraction of sp³-hybridized carbons (Fsp3) is 0.692. The summed E-state index contributed by atoms with van der Waals surface area (Å²) in [6.07, 6.45) is 5.58. The van der Waals surface area contributed by atoms with E-state index in [-0.39, 0.29) is 30.9 Å². The Hall–Kier alpha value is -3.12. The van der Waals surface area contributed by atoms with Crippen LogP contribution in [0.15, 0.2) is 16.9 Å². The van der Waals surface area contributed by atoms with Gasteiger partial charge in [0, 0.05) is 6.20 Å². The van der Waals surface area contributed by atoms with E-state index in [1.165, 1.54) is 13.1 Å². The summed E-state index contributed by atoms with van der Waals surface area (Å²) >= 11 is 0. The van der Waals surface area contributed by atoms with Gasteiger partial charge in [0.05, 0.1) is 48.5 Å². The van der Waals surface area contributed by atoms with Crippen molar-refractivity contribution in [1.82, 2.24) is 20.6 Å². The van der Waals surface area contributed by atoms with E-state index in [2.05, 4.69) is 22.5 Å². The summed E-state index contributed by atoms with van der Waals surface area (Å²) in [5.74, 6) is -1.80. The minimum atomic E-state index is -1.22. The highest BCUT2D eigenvalue weighted by Gasteiger charge is 2.29. The summed E-state index contributed by atoms with van der Waals surface area (Å²) in [6, 6.07) is -2.28. The second-order valence-corrected chi connectivity index (χ2v) is 9.36. The van der Waals surface area contributed by atoms with Crippen LogP contribution in [0.4, 0.5) is 0 Å². The molecule has 0 aliphatic rings. The van der Waals surface area contributed by atoms with Crippen LogP contribution < -0.4 is 10.6 Å². The molecule has 38 heavy (non-hydrogen) atoms. The van der Waals surface area contributed by atoms with Crippen LogP contribution in [0.1, 0.15) is 79.6 Å². The van der Waals surface area contributed by atoms with Gasteiger partial charge >= 0.3 is 5.97 Å². The van der Waals surface area contributed by atoms with E-state index >= 15 is 0 Å². The molecule has 0 aliphatic heterocycles. The third kappa shape index (κ3) is 14.6. The van der Waals surface area contributed by atoms with Gasteiger partial charge in [-0.2, -0.15) is 0 Å². The zero-order valence-electron chi connectivity index (χ0n) is 23.8. The van der Waals surface area contributed by atoms with Gasteiger partial charge in [0.2, 0.25) is 5.91 Å². The number of aliphatic carboxylic acids is 1. The second-order valence-electron chi connectivity index (χ2n) is 9.36. The van der Waals surface area contributed by atoms with Crippen molar-refractivity contribution < 1.29 is 24.7 Å². The van der Waals surface area contributed by atoms with Gasteiger partial charge in [-0.15, -0.1) is 0 Å². The minimum Gasteiger partial charge on any atom is -0.481 e. The number of aliphatic imine (C=N–C) groups is 1. The van der Waals surface area contributed by atoms with Crippen molar-refractivity contribution in [2.75, 3.05) is 26.7 Å². The van der Waals surface area contributed by atoms with Crippen molar-refractivity contribution in [3.63, 3.8) is 0 Å². The van der Waals surface area contributed by atoms with Crippen LogP contribution in [0.3, 0.4) is 0 Å². The van der Waals surface area contributed by atoms with E-state index in [4.69, 9.17) is 10.8 Å². The number of nitrogens with one attached hydrogen (secondary N) is 4. The predicted octanol–water partition coefficient (Wildman–Crippen LogP) is 2.82. The maximum Gasteiger partial charge on any atom is 0.305 e. The highest BCUT2D eigenvalue weighted by Crippen LogP contribution is 2.11. The van der Waals surface area contributed by atoms with Crippen LogP contribution in [-0.2, 0) is 14.4 Å². The van der Waals surface area contributed by atoms with Gasteiger partial charge in [0.1, 0.15) is 6.04 Å². The lowest BCUT2D eigenvalue weighted by Gasteiger charge is -2.26. The van der Waals surface area contributed by atoms with Crippen LogP contribution in [0.25, 0.3) is 0 Å². The number of likely N-dealkylation sites (N-methyl/N-ethyl adjacent to an activating group) is 1. The number of rotatable bonds is 20. The summed E-state index contributed by atoms with van der Waals surface area (Å²) < 4.78 is 0. The lowest BCUT2D eigenvalue weighted by Crippen LogP contribution is -2.51. The van der Waals surface area contributed by atoms with E-state index in [1.54, 1.807) is 20.9 Å². The molecule has 0 radical (unpaired) electrons. The Morgan fingerprint density at radius 3 is 2.26 bits per heavy atom. The maximum atomic E-state index is 13.0. The Morgan fingerprint density at radius 2 is 1.74 bits per heavy atom. The number of carbonyl (C=O) groups is 3. The molecule has 0 saturated carbocycles. The van der Waals surface area contributed by atoms with Crippen LogP contribution in [0, 0.1) is 10.8 Å². The molecule has 0 bridgehead atoms. The molecule has 0 fully saturated rings. The average Bonchev–Trinajstić information content (AvgIpc) is 2.84. The quantitative estimate of drug-likeness (QED) is 0.0593. The fourth-order valence-corrected chi connectivity index (χ4v) is 3.49. The van der Waals surface area contributed by atoms with Gasteiger partial charge in [-0.05, 0) is 46.7 Å². The fourth-order valence-electron chi connectivity index (χ4n) is 3.49. The number of carboxylic acids is 1. The van der Waals surface area contributed by atoms with E-state index in [9.17, 15) is 24.7 Å². The van der Waals surface area contributed by atoms with Gasteiger partial charge in [-0.3, -0.25) is 24.5 Å². The summed E-state index contributed by atoms with van der Waals surface area (Å²) in [4.78, 5) is 43.4. The highest BCUT2D eigenvalue weighted by atomic mass is 16.5. The Morgan fingerprint density at radius 1 is 1.08 bits per heavy atom. The molecule has 0 aromatic carbocycles. The number of allylic oxidation sites excluding steroid dienone is 1. The molecular formula is C26H47N7O5. The number of hydrogen-bond acceptors (Lipinski definition) is 9. The summed E-state index contributed by atoms with van der Waals surface area (Å²) in [6.45, 7) is 9.68. The molecule has 1 amide bonds. The molecule has 2 unspecified atom stereocenters. The van der Waals surface area contributed by atoms with Gasteiger partial charge in [-0.25, -0.2) is 10.1 Å². The SMILES string of the molecule is CCCCCCN(C)CC(=O)C(CC(=O)O)NC(=O)C(CC)N(O)/C=C(CC)\N=C(/C)NCC(=N)C(C)=N. The minimum absolute atomic E-state index is 0.0137. The number of carbonyl (C=O) groups excluding carboxylic acids is 2. The van der Waals surface area contributed by atoms with Crippen LogP contribution in [0.5, 0.6) is 0 Å². The first-order valence-corrected chi connectivity index (χ1v) is 13.2. The number of ketones is 1. The maximum absolute atomic E-state index is 13.0. The molecule has 0 heterocycles. The third-order valence-electron chi connectivity index (χ3n) is 5.84. The molecule has 0 aliphatic carbocycles. The van der Waals surface area contributed by atoms with Crippen molar-refractivity contribution in [3.05, 3.63) is 11.9 Å². The standard InChI is InChI=1S/C26H47N7O5/c1-7-10-11-12-13-32(6)17-24(34)22(14-25(35)36)31-26(37)23(9-3)33(38)16-20(8-2)30-19(5)29-15-21(28)18(4)27/h16,22-23,27-28,38H,7-15,17H2,1-6H3,(H,29,30)(H,31,37)(H,35,36)/b20-16-,27-18?,28-21?. The highest BCUT2D eigenvalue weighted by molar-refractivity contribution is 6.40. The first-order valence-electron chi connectivity index (χ1n) is 13.2. The monoisotopic (exact) mass is 537 g/mol. The molecule has 0 rings (SSSR count). The third-order valence-corrected chi connectivity index (χ3v) is 5.84. The van der Waals surface area contributed by atoms with Crippen molar-refractivity contribution in [1.29, 1.82) is 10.8 Å². The molecule has 2 atom stereocenters. The van der Waals surface area contributed by atoms with E-state index in [0.717, 1.165) is 30.7 Å². The topological polar surface area (TPSA) is 182 Å². The average molecular weight is 538 g/mol. The normalized spacial score (nSPS) is 13.6. The van der Waals surface area contributed by atoms with Crippen molar-refractivity contribution in [2.45, 2.75) is 91.6 Å². The predicted molar refractivity (Wildman–Crippen MR) is 149 cm³/mol. The van der Waals surface area contributed by atoms with Crippen molar-refractivity contribution >= 4 is 34.9 Å². The van der Waals surface area contributed by atoms with E-state index in [0.29, 0.717) is 24.5 Å². The van der Waals surface area contributed by atoms with Crippen LogP contribution in [0.2, 0.25) is 0 Å². The molecule has 0 aromatic heterocycles. The molecule has 6 N–H and O–H groups in total. The second kappa shape index (κ2) is 19.0. The van der Waals surface area contributed by atoms with Crippen LogP contribution in [-0.4, -0.2) is 94.0 Å². The van der Waals surface area contributed by atoms with Gasteiger partial charge in [0.15, 0.2) is 5.78 Å². The summed E-state index contributed by atoms with van der Waals surface area (Å²) in [7, 11) is 1.79. The van der Waals surface area contributed by atoms with E-state index in [1.807, 2.05) is 11.8 Å². The Labute approximate surface area is 226 Å². The zero-order valence-corrected chi connectivity index (χ0v) is 23.8. The number of unbranched alkanes of at least 4 members (excludes halogenated alkanes) is 3. The largest absolute Gasteiger partial charge is 0.481 e. The summed E-state index contributed by atoms with van der Waals surface area (Å²) in [5, 5.41) is 41.3. The molecule has 0 aromatic rings. The number of nitrogens with zero attached hydrogens (tertiary/aromatic N) is 3. The Balaban J connectivity index is 5.39. The number of amidine groups is 1. The first kappa shape index (κ1) is 34.9. The van der Waals surface area contributed by atoms with Gasteiger partial charge in [0.25, 0.3) is 0 Å². The number of Topliss-reactive ketones (excluding diaryl/α,β-unsaturated/α-hetero) is 1. The van der Waals surface area contributed by atoms with Crippen molar-refractivity contribution in [2.24, 2.45) is 4.99 Å². The number of carboxylic acid groups (broad SMARTS) is 1. The summed E-state index contributed by atoms with van der Waals surface area (Å²) in [5.41, 5.74) is 0.721. The number of hydrogen-bond donors (Lipinski definition) is 6. The van der Waals surface area contributed by atoms with E-state index < -0.39 is 36.2 Å². The number of amides is 1. The molecule has 12 nitrogen and oxygen atoms in total. The molecule has 0 saturated heterocycles. The van der Waals surface area contributed by atoms with Gasteiger partial charge < -0.3 is 26.6 Å². The first-order chi connectivity index (χ1) is 17.9. The van der Waals surface area contributed by atoms with Crippen LogP contribution >= 0.6 is 0 Å². The smallest absolute Gasteiger partial charge is 0.305 e. The lowest BCUT2D eigenvalue weighted by molar-refractivity contribution is -0.145. The molecule has 12 heteroatoms. The lowest BCUT2D eigenvalue weighted by atomic mass is 10.1. The Bertz CT molecular complexity index is 872. The molecule has 0 spiro atoms. The van der Waals surface area contributed by atoms with Crippen molar-refractivity contribution in [3.8, 4) is 0 Å². The van der Waals surface area contributed by atoms with Gasteiger partial charge in [-0.1, -0.05) is 40.0 Å².